The van der Waals surface area contributed by atoms with Gasteiger partial charge < -0.3 is 23.7 Å². The van der Waals surface area contributed by atoms with Gasteiger partial charge in [0.2, 0.25) is 0 Å². The molecule has 3 aromatic carbocycles. The molecule has 0 saturated carbocycles. The third-order valence-electron chi connectivity index (χ3n) is 4.63. The summed E-state index contributed by atoms with van der Waals surface area (Å²) in [4.78, 5) is 25.1. The first kappa shape index (κ1) is 21.0. The predicted molar refractivity (Wildman–Crippen MR) is 111 cm³/mol. The van der Waals surface area contributed by atoms with Crippen LogP contribution in [0.25, 0.3) is 10.8 Å². The Labute approximate surface area is 174 Å². The number of benzene rings is 3. The lowest BCUT2D eigenvalue weighted by molar-refractivity contribution is 0.0471. The van der Waals surface area contributed by atoms with Crippen LogP contribution in [0.5, 0.6) is 23.0 Å². The number of methoxy groups -OCH3 is 4. The van der Waals surface area contributed by atoms with E-state index in [1.165, 1.54) is 33.5 Å². The molecule has 0 unspecified atom stereocenters. The Morgan fingerprint density at radius 1 is 0.700 bits per heavy atom. The summed E-state index contributed by atoms with van der Waals surface area (Å²) < 4.78 is 26.1. The van der Waals surface area contributed by atoms with E-state index in [-0.39, 0.29) is 17.1 Å². The second-order valence-electron chi connectivity index (χ2n) is 6.33. The summed E-state index contributed by atoms with van der Waals surface area (Å²) in [5, 5.41) is 1.83. The maximum absolute atomic E-state index is 12.5. The molecule has 156 valence electrons. The standard InChI is InChI=1S/C23H22O7/c1-26-17-8-7-14-9-16(6-5-15(14)10-17)19(24)13-30-23(25)18-11-21(28-3)22(29-4)12-20(18)27-2/h5-12H,13H2,1-4H3. The van der Waals surface area contributed by atoms with Crippen molar-refractivity contribution in [3.05, 3.63) is 59.7 Å². The van der Waals surface area contributed by atoms with E-state index in [0.717, 1.165) is 16.5 Å². The van der Waals surface area contributed by atoms with E-state index in [9.17, 15) is 9.59 Å². The minimum atomic E-state index is -0.702. The van der Waals surface area contributed by atoms with Crippen molar-refractivity contribution in [1.29, 1.82) is 0 Å². The van der Waals surface area contributed by atoms with Gasteiger partial charge in [0.05, 0.1) is 28.4 Å². The van der Waals surface area contributed by atoms with Gasteiger partial charge in [-0.05, 0) is 29.0 Å². The van der Waals surface area contributed by atoms with E-state index < -0.39 is 12.6 Å². The molecule has 0 bridgehead atoms. The summed E-state index contributed by atoms with van der Waals surface area (Å²) in [6.45, 7) is -0.405. The van der Waals surface area contributed by atoms with Crippen LogP contribution in [0, 0.1) is 0 Å². The zero-order chi connectivity index (χ0) is 21.7. The van der Waals surface area contributed by atoms with Crippen molar-refractivity contribution in [2.24, 2.45) is 0 Å². The lowest BCUT2D eigenvalue weighted by Gasteiger charge is -2.13. The molecule has 0 aliphatic heterocycles. The minimum absolute atomic E-state index is 0.133. The molecule has 30 heavy (non-hydrogen) atoms. The number of ether oxygens (including phenoxy) is 5. The molecule has 3 rings (SSSR count). The topological polar surface area (TPSA) is 80.3 Å². The fourth-order valence-corrected chi connectivity index (χ4v) is 3.01. The summed E-state index contributed by atoms with van der Waals surface area (Å²) in [5.41, 5.74) is 0.577. The smallest absolute Gasteiger partial charge is 0.342 e. The number of Topliss-reactive ketones (excluding diaryl/α,β-unsaturated/α-hetero) is 1. The summed E-state index contributed by atoms with van der Waals surface area (Å²) in [7, 11) is 5.96. The number of rotatable bonds is 8. The van der Waals surface area contributed by atoms with Crippen molar-refractivity contribution in [2.45, 2.75) is 0 Å². The van der Waals surface area contributed by atoms with Gasteiger partial charge in [-0.1, -0.05) is 18.2 Å². The van der Waals surface area contributed by atoms with E-state index in [1.54, 1.807) is 19.2 Å². The molecule has 7 nitrogen and oxygen atoms in total. The Balaban J connectivity index is 1.76. The van der Waals surface area contributed by atoms with Crippen LogP contribution in [0.2, 0.25) is 0 Å². The Bertz CT molecular complexity index is 1090. The maximum atomic E-state index is 12.5. The lowest BCUT2D eigenvalue weighted by atomic mass is 10.0. The maximum Gasteiger partial charge on any atom is 0.342 e. The fourth-order valence-electron chi connectivity index (χ4n) is 3.01. The number of hydrogen-bond donors (Lipinski definition) is 0. The van der Waals surface area contributed by atoms with Crippen molar-refractivity contribution < 1.29 is 33.3 Å². The highest BCUT2D eigenvalue weighted by Crippen LogP contribution is 2.35. The van der Waals surface area contributed by atoms with Crippen LogP contribution >= 0.6 is 0 Å². The van der Waals surface area contributed by atoms with Crippen LogP contribution in [0.1, 0.15) is 20.7 Å². The molecule has 0 aliphatic carbocycles. The molecule has 0 saturated heterocycles. The summed E-state index contributed by atoms with van der Waals surface area (Å²) in [5.74, 6) is 0.729. The largest absolute Gasteiger partial charge is 0.497 e. The Morgan fingerprint density at radius 2 is 1.33 bits per heavy atom. The molecule has 0 fully saturated rings. The van der Waals surface area contributed by atoms with Gasteiger partial charge in [-0.15, -0.1) is 0 Å². The fraction of sp³-hybridized carbons (Fsp3) is 0.217. The number of carbonyl (C=O) groups is 2. The monoisotopic (exact) mass is 410 g/mol. The first-order valence-corrected chi connectivity index (χ1v) is 9.08. The van der Waals surface area contributed by atoms with E-state index in [2.05, 4.69) is 0 Å². The van der Waals surface area contributed by atoms with Crippen molar-refractivity contribution in [3.8, 4) is 23.0 Å². The molecule has 0 amide bonds. The zero-order valence-corrected chi connectivity index (χ0v) is 17.2. The van der Waals surface area contributed by atoms with E-state index in [0.29, 0.717) is 17.1 Å². The van der Waals surface area contributed by atoms with E-state index in [4.69, 9.17) is 23.7 Å². The van der Waals surface area contributed by atoms with Gasteiger partial charge in [-0.3, -0.25) is 4.79 Å². The van der Waals surface area contributed by atoms with Crippen LogP contribution in [0.15, 0.2) is 48.5 Å². The number of fused-ring (bicyclic) bond motifs is 1. The highest BCUT2D eigenvalue weighted by atomic mass is 16.5. The molecule has 0 atom stereocenters. The summed E-state index contributed by atoms with van der Waals surface area (Å²) in [6, 6.07) is 13.8. The Kier molecular flexibility index (Phi) is 6.41. The van der Waals surface area contributed by atoms with Gasteiger partial charge in [-0.25, -0.2) is 4.79 Å². The van der Waals surface area contributed by atoms with Crippen molar-refractivity contribution in [1.82, 2.24) is 0 Å². The molecule has 3 aromatic rings. The van der Waals surface area contributed by atoms with Gasteiger partial charge in [0, 0.05) is 17.7 Å². The van der Waals surface area contributed by atoms with Gasteiger partial charge in [0.25, 0.3) is 0 Å². The molecule has 0 aliphatic rings. The zero-order valence-electron chi connectivity index (χ0n) is 17.2. The molecular formula is C23H22O7. The highest BCUT2D eigenvalue weighted by Gasteiger charge is 2.20. The second-order valence-corrected chi connectivity index (χ2v) is 6.33. The molecule has 0 aromatic heterocycles. The van der Waals surface area contributed by atoms with Crippen LogP contribution < -0.4 is 18.9 Å². The molecule has 0 N–H and O–H groups in total. The van der Waals surface area contributed by atoms with Crippen molar-refractivity contribution in [3.63, 3.8) is 0 Å². The highest BCUT2D eigenvalue weighted by molar-refractivity contribution is 6.02. The number of ketones is 1. The van der Waals surface area contributed by atoms with Gasteiger partial charge in [-0.2, -0.15) is 0 Å². The van der Waals surface area contributed by atoms with Crippen LogP contribution in [0.3, 0.4) is 0 Å². The predicted octanol–water partition coefficient (Wildman–Crippen LogP) is 3.91. The van der Waals surface area contributed by atoms with Crippen molar-refractivity contribution >= 4 is 22.5 Å². The first-order valence-electron chi connectivity index (χ1n) is 9.08. The number of carbonyl (C=O) groups excluding carboxylic acids is 2. The van der Waals surface area contributed by atoms with Crippen LogP contribution in [0.4, 0.5) is 0 Å². The first-order chi connectivity index (χ1) is 14.5. The van der Waals surface area contributed by atoms with E-state index in [1.807, 2.05) is 24.3 Å². The third-order valence-corrected chi connectivity index (χ3v) is 4.63. The molecular weight excluding hydrogens is 388 g/mol. The Morgan fingerprint density at radius 3 is 2.00 bits per heavy atom. The van der Waals surface area contributed by atoms with Crippen LogP contribution in [-0.4, -0.2) is 46.8 Å². The summed E-state index contributed by atoms with van der Waals surface area (Å²) >= 11 is 0. The second kappa shape index (κ2) is 9.17. The SMILES string of the molecule is COc1ccc2cc(C(=O)COC(=O)c3cc(OC)c(OC)cc3OC)ccc2c1. The number of hydrogen-bond acceptors (Lipinski definition) is 7. The minimum Gasteiger partial charge on any atom is -0.497 e. The van der Waals surface area contributed by atoms with Crippen molar-refractivity contribution in [2.75, 3.05) is 35.0 Å². The molecule has 7 heteroatoms. The van der Waals surface area contributed by atoms with Gasteiger partial charge in [0.15, 0.2) is 23.9 Å². The quantitative estimate of drug-likeness (QED) is 0.411. The molecule has 0 spiro atoms. The summed E-state index contributed by atoms with van der Waals surface area (Å²) in [6.07, 6.45) is 0. The Hall–Kier alpha value is -3.74. The normalized spacial score (nSPS) is 10.4. The average molecular weight is 410 g/mol. The molecule has 0 radical (unpaired) electrons. The molecule has 0 heterocycles. The number of esters is 1. The van der Waals surface area contributed by atoms with Crippen LogP contribution in [-0.2, 0) is 4.74 Å². The van der Waals surface area contributed by atoms with E-state index >= 15 is 0 Å². The van der Waals surface area contributed by atoms with Gasteiger partial charge in [0.1, 0.15) is 17.1 Å². The average Bonchev–Trinajstić information content (AvgIpc) is 2.80. The third kappa shape index (κ3) is 4.30. The van der Waals surface area contributed by atoms with Gasteiger partial charge >= 0.3 is 5.97 Å². The lowest BCUT2D eigenvalue weighted by Crippen LogP contribution is -2.15.